The van der Waals surface area contributed by atoms with Crippen LogP contribution in [0.5, 0.6) is 5.88 Å². The summed E-state index contributed by atoms with van der Waals surface area (Å²) < 4.78 is 19.9. The molecule has 0 radical (unpaired) electrons. The number of likely N-dealkylation sites (tertiary alicyclic amines) is 1. The molecule has 176 valence electrons. The number of ether oxygens (including phenoxy) is 1. The van der Waals surface area contributed by atoms with E-state index in [2.05, 4.69) is 15.3 Å². The number of nitrogens with zero attached hydrogens (tertiary/aromatic N) is 3. The SMILES string of the molecule is Cc1ccc(OC2CCN(C(=O)c3cc(F)ccc3NC(=O)CCc3cccnc3)CC2)nc1. The third-order valence-corrected chi connectivity index (χ3v) is 5.75. The van der Waals surface area contributed by atoms with Gasteiger partial charge in [0.05, 0.1) is 11.3 Å². The van der Waals surface area contributed by atoms with E-state index in [0.29, 0.717) is 43.9 Å². The molecule has 0 atom stereocenters. The molecule has 1 aliphatic rings. The van der Waals surface area contributed by atoms with Crippen LogP contribution in [0.15, 0.2) is 61.1 Å². The maximum absolute atomic E-state index is 14.0. The van der Waals surface area contributed by atoms with E-state index in [1.807, 2.05) is 31.2 Å². The van der Waals surface area contributed by atoms with Crippen molar-refractivity contribution in [2.75, 3.05) is 18.4 Å². The molecule has 3 heterocycles. The Labute approximate surface area is 198 Å². The largest absolute Gasteiger partial charge is 0.474 e. The molecule has 0 saturated carbocycles. The molecule has 4 rings (SSSR count). The van der Waals surface area contributed by atoms with Gasteiger partial charge in [-0.3, -0.25) is 14.6 Å². The Kier molecular flexibility index (Phi) is 7.47. The van der Waals surface area contributed by atoms with Gasteiger partial charge in [-0.25, -0.2) is 9.37 Å². The maximum Gasteiger partial charge on any atom is 0.256 e. The zero-order chi connectivity index (χ0) is 23.9. The molecule has 1 aromatic carbocycles. The van der Waals surface area contributed by atoms with Crippen LogP contribution in [-0.4, -0.2) is 45.9 Å². The number of carbonyl (C=O) groups is 2. The van der Waals surface area contributed by atoms with Gasteiger partial charge in [-0.05, 0) is 48.7 Å². The molecule has 1 N–H and O–H groups in total. The molecule has 34 heavy (non-hydrogen) atoms. The molecule has 0 spiro atoms. The Morgan fingerprint density at radius 2 is 1.97 bits per heavy atom. The van der Waals surface area contributed by atoms with Crippen molar-refractivity contribution >= 4 is 17.5 Å². The predicted molar refractivity (Wildman–Crippen MR) is 126 cm³/mol. The van der Waals surface area contributed by atoms with Gasteiger partial charge < -0.3 is 15.0 Å². The molecular formula is C26H27FN4O3. The van der Waals surface area contributed by atoms with E-state index in [1.165, 1.54) is 18.2 Å². The molecule has 0 unspecified atom stereocenters. The third-order valence-electron chi connectivity index (χ3n) is 5.75. The second-order valence-corrected chi connectivity index (χ2v) is 8.38. The number of pyridine rings is 2. The Morgan fingerprint density at radius 1 is 1.15 bits per heavy atom. The highest BCUT2D eigenvalue weighted by atomic mass is 19.1. The van der Waals surface area contributed by atoms with E-state index >= 15 is 0 Å². The maximum atomic E-state index is 14.0. The van der Waals surface area contributed by atoms with Crippen molar-refractivity contribution < 1.29 is 18.7 Å². The first-order valence-corrected chi connectivity index (χ1v) is 11.3. The second kappa shape index (κ2) is 10.9. The predicted octanol–water partition coefficient (Wildman–Crippen LogP) is 4.18. The van der Waals surface area contributed by atoms with Crippen LogP contribution in [0, 0.1) is 12.7 Å². The minimum atomic E-state index is -0.527. The molecule has 2 aromatic heterocycles. The average Bonchev–Trinajstić information content (AvgIpc) is 2.86. The van der Waals surface area contributed by atoms with Gasteiger partial charge in [-0.15, -0.1) is 0 Å². The lowest BCUT2D eigenvalue weighted by atomic mass is 10.0. The number of halogens is 1. The summed E-state index contributed by atoms with van der Waals surface area (Å²) in [5.74, 6) is -0.520. The quantitative estimate of drug-likeness (QED) is 0.570. The van der Waals surface area contributed by atoms with Crippen LogP contribution in [0.1, 0.15) is 40.7 Å². The first-order chi connectivity index (χ1) is 16.5. The summed E-state index contributed by atoms with van der Waals surface area (Å²) in [7, 11) is 0. The van der Waals surface area contributed by atoms with Gasteiger partial charge in [0.2, 0.25) is 11.8 Å². The smallest absolute Gasteiger partial charge is 0.256 e. The fraction of sp³-hybridized carbons (Fsp3) is 0.308. The van der Waals surface area contributed by atoms with Crippen molar-refractivity contribution in [1.82, 2.24) is 14.9 Å². The number of nitrogens with one attached hydrogen (secondary N) is 1. The minimum absolute atomic E-state index is 0.0431. The van der Waals surface area contributed by atoms with Crippen LogP contribution in [0.4, 0.5) is 10.1 Å². The summed E-state index contributed by atoms with van der Waals surface area (Å²) >= 11 is 0. The first-order valence-electron chi connectivity index (χ1n) is 11.3. The van der Waals surface area contributed by atoms with E-state index in [0.717, 1.165) is 11.1 Å². The number of aromatic nitrogens is 2. The highest BCUT2D eigenvalue weighted by Gasteiger charge is 2.27. The van der Waals surface area contributed by atoms with E-state index in [4.69, 9.17) is 4.74 Å². The summed E-state index contributed by atoms with van der Waals surface area (Å²) in [5.41, 5.74) is 2.46. The summed E-state index contributed by atoms with van der Waals surface area (Å²) in [5, 5.41) is 2.77. The summed E-state index contributed by atoms with van der Waals surface area (Å²) in [4.78, 5) is 35.6. The summed E-state index contributed by atoms with van der Waals surface area (Å²) in [6.45, 7) is 2.91. The van der Waals surface area contributed by atoms with Gasteiger partial charge in [0.25, 0.3) is 5.91 Å². The van der Waals surface area contributed by atoms with Crippen LogP contribution < -0.4 is 10.1 Å². The van der Waals surface area contributed by atoms with Gasteiger partial charge in [0.1, 0.15) is 11.9 Å². The number of rotatable bonds is 7. The fourth-order valence-corrected chi connectivity index (χ4v) is 3.86. The fourth-order valence-electron chi connectivity index (χ4n) is 3.86. The second-order valence-electron chi connectivity index (χ2n) is 8.38. The molecule has 1 saturated heterocycles. The Morgan fingerprint density at radius 3 is 2.68 bits per heavy atom. The molecule has 2 amide bonds. The Bertz CT molecular complexity index is 1130. The summed E-state index contributed by atoms with van der Waals surface area (Å²) in [6, 6.07) is 11.3. The molecule has 1 aliphatic heterocycles. The van der Waals surface area contributed by atoms with Crippen molar-refractivity contribution in [3.63, 3.8) is 0 Å². The van der Waals surface area contributed by atoms with E-state index in [-0.39, 0.29) is 29.9 Å². The normalized spacial score (nSPS) is 14.0. The topological polar surface area (TPSA) is 84.4 Å². The minimum Gasteiger partial charge on any atom is -0.474 e. The number of piperidine rings is 1. The van der Waals surface area contributed by atoms with Gasteiger partial charge in [0.15, 0.2) is 0 Å². The Hall–Kier alpha value is -3.81. The number of aryl methyl sites for hydroxylation is 2. The van der Waals surface area contributed by atoms with Crippen molar-refractivity contribution in [3.8, 4) is 5.88 Å². The molecule has 3 aromatic rings. The molecule has 0 aliphatic carbocycles. The third kappa shape index (κ3) is 6.15. The van der Waals surface area contributed by atoms with Crippen LogP contribution in [0.25, 0.3) is 0 Å². The number of carbonyl (C=O) groups excluding carboxylic acids is 2. The number of anilines is 1. The van der Waals surface area contributed by atoms with Crippen molar-refractivity contribution in [1.29, 1.82) is 0 Å². The Balaban J connectivity index is 1.35. The van der Waals surface area contributed by atoms with Crippen molar-refractivity contribution in [3.05, 3.63) is 83.6 Å². The number of benzene rings is 1. The summed E-state index contributed by atoms with van der Waals surface area (Å²) in [6.07, 6.45) is 7.13. The molecule has 0 bridgehead atoms. The molecule has 1 fully saturated rings. The zero-order valence-corrected chi connectivity index (χ0v) is 19.0. The number of hydrogen-bond acceptors (Lipinski definition) is 5. The van der Waals surface area contributed by atoms with Gasteiger partial charge in [0, 0.05) is 57.0 Å². The lowest BCUT2D eigenvalue weighted by Crippen LogP contribution is -2.42. The van der Waals surface area contributed by atoms with E-state index in [1.54, 1.807) is 23.5 Å². The van der Waals surface area contributed by atoms with E-state index in [9.17, 15) is 14.0 Å². The lowest BCUT2D eigenvalue weighted by molar-refractivity contribution is -0.116. The van der Waals surface area contributed by atoms with Crippen LogP contribution >= 0.6 is 0 Å². The molecule has 8 heteroatoms. The average molecular weight is 463 g/mol. The zero-order valence-electron chi connectivity index (χ0n) is 19.0. The highest BCUT2D eigenvalue weighted by Crippen LogP contribution is 2.23. The van der Waals surface area contributed by atoms with Crippen molar-refractivity contribution in [2.45, 2.75) is 38.7 Å². The number of amides is 2. The van der Waals surface area contributed by atoms with Crippen LogP contribution in [-0.2, 0) is 11.2 Å². The molecule has 7 nitrogen and oxygen atoms in total. The van der Waals surface area contributed by atoms with Crippen LogP contribution in [0.2, 0.25) is 0 Å². The monoisotopic (exact) mass is 462 g/mol. The van der Waals surface area contributed by atoms with Crippen molar-refractivity contribution in [2.24, 2.45) is 0 Å². The highest BCUT2D eigenvalue weighted by molar-refractivity contribution is 6.03. The standard InChI is InChI=1S/C26H27FN4O3/c1-18-4-9-25(29-16-18)34-21-10-13-31(14-11-21)26(33)22-15-20(27)6-7-23(22)30-24(32)8-5-19-3-2-12-28-17-19/h2-4,6-7,9,12,15-17,21H,5,8,10-11,13-14H2,1H3,(H,30,32). The van der Waals surface area contributed by atoms with Gasteiger partial charge in [-0.1, -0.05) is 12.1 Å². The number of hydrogen-bond donors (Lipinski definition) is 1. The van der Waals surface area contributed by atoms with Gasteiger partial charge >= 0.3 is 0 Å². The van der Waals surface area contributed by atoms with Crippen LogP contribution in [0.3, 0.4) is 0 Å². The first kappa shape index (κ1) is 23.4. The lowest BCUT2D eigenvalue weighted by Gasteiger charge is -2.32. The van der Waals surface area contributed by atoms with E-state index < -0.39 is 5.82 Å². The molecular weight excluding hydrogens is 435 g/mol. The van der Waals surface area contributed by atoms with Gasteiger partial charge in [-0.2, -0.15) is 0 Å².